The topological polar surface area (TPSA) is 85.4 Å². The van der Waals surface area contributed by atoms with Gasteiger partial charge >= 0.3 is 0 Å². The third kappa shape index (κ3) is 3.28. The SMILES string of the molecule is Cc1cccc(C)c1NC(=O)c1ccc(-c2ccccc2[N+](=O)[O-])o1. The highest BCUT2D eigenvalue weighted by Gasteiger charge is 2.19. The number of nitro benzene ring substituents is 1. The van der Waals surface area contributed by atoms with E-state index < -0.39 is 10.8 Å². The second-order valence-corrected chi connectivity index (χ2v) is 5.66. The van der Waals surface area contributed by atoms with Gasteiger partial charge in [0.1, 0.15) is 5.76 Å². The highest BCUT2D eigenvalue weighted by atomic mass is 16.6. The largest absolute Gasteiger partial charge is 0.451 e. The molecule has 0 spiro atoms. The van der Waals surface area contributed by atoms with Crippen molar-refractivity contribution in [1.82, 2.24) is 0 Å². The van der Waals surface area contributed by atoms with E-state index >= 15 is 0 Å². The number of anilines is 1. The van der Waals surface area contributed by atoms with E-state index in [1.807, 2.05) is 32.0 Å². The molecule has 1 amide bonds. The molecule has 0 aliphatic rings. The molecule has 1 heterocycles. The molecule has 2 aromatic carbocycles. The number of nitro groups is 1. The van der Waals surface area contributed by atoms with Crippen LogP contribution in [0.5, 0.6) is 0 Å². The number of carbonyl (C=O) groups is 1. The van der Waals surface area contributed by atoms with Crippen molar-refractivity contribution in [3.63, 3.8) is 0 Å². The van der Waals surface area contributed by atoms with Crippen LogP contribution in [0, 0.1) is 24.0 Å². The minimum Gasteiger partial charge on any atom is -0.451 e. The van der Waals surface area contributed by atoms with Gasteiger partial charge < -0.3 is 9.73 Å². The van der Waals surface area contributed by atoms with Crippen molar-refractivity contribution in [1.29, 1.82) is 0 Å². The Balaban J connectivity index is 1.89. The Labute approximate surface area is 144 Å². The Kier molecular flexibility index (Phi) is 4.35. The minimum absolute atomic E-state index is 0.0708. The summed E-state index contributed by atoms with van der Waals surface area (Å²) in [6.45, 7) is 3.81. The lowest BCUT2D eigenvalue weighted by Gasteiger charge is -2.10. The van der Waals surface area contributed by atoms with Crippen molar-refractivity contribution >= 4 is 17.3 Å². The van der Waals surface area contributed by atoms with Gasteiger partial charge in [-0.25, -0.2) is 0 Å². The van der Waals surface area contributed by atoms with E-state index in [0.29, 0.717) is 5.56 Å². The lowest BCUT2D eigenvalue weighted by atomic mass is 10.1. The summed E-state index contributed by atoms with van der Waals surface area (Å²) in [7, 11) is 0. The maximum Gasteiger partial charge on any atom is 0.291 e. The molecule has 0 bridgehead atoms. The smallest absolute Gasteiger partial charge is 0.291 e. The summed E-state index contributed by atoms with van der Waals surface area (Å²) < 4.78 is 5.56. The molecule has 3 rings (SSSR count). The molecular weight excluding hydrogens is 320 g/mol. The fraction of sp³-hybridized carbons (Fsp3) is 0.105. The van der Waals surface area contributed by atoms with Crippen LogP contribution in [0.4, 0.5) is 11.4 Å². The van der Waals surface area contributed by atoms with Crippen LogP contribution >= 0.6 is 0 Å². The van der Waals surface area contributed by atoms with E-state index in [1.165, 1.54) is 12.1 Å². The van der Waals surface area contributed by atoms with Gasteiger partial charge in [-0.3, -0.25) is 14.9 Å². The number of hydrogen-bond donors (Lipinski definition) is 1. The number of rotatable bonds is 4. The first kappa shape index (κ1) is 16.4. The van der Waals surface area contributed by atoms with Crippen molar-refractivity contribution in [3.8, 4) is 11.3 Å². The summed E-state index contributed by atoms with van der Waals surface area (Å²) in [4.78, 5) is 23.1. The van der Waals surface area contributed by atoms with Crippen LogP contribution < -0.4 is 5.32 Å². The molecule has 0 aliphatic heterocycles. The summed E-state index contributed by atoms with van der Waals surface area (Å²) in [6.07, 6.45) is 0. The van der Waals surface area contributed by atoms with Gasteiger partial charge in [0, 0.05) is 11.8 Å². The molecule has 0 saturated heterocycles. The van der Waals surface area contributed by atoms with Crippen LogP contribution in [0.2, 0.25) is 0 Å². The Bertz CT molecular complexity index is 939. The molecule has 0 aliphatic carbocycles. The Morgan fingerprint density at radius 3 is 2.36 bits per heavy atom. The summed E-state index contributed by atoms with van der Waals surface area (Å²) in [5.41, 5.74) is 2.88. The lowest BCUT2D eigenvalue weighted by Crippen LogP contribution is -2.12. The fourth-order valence-corrected chi connectivity index (χ4v) is 2.63. The second-order valence-electron chi connectivity index (χ2n) is 5.66. The zero-order valence-corrected chi connectivity index (χ0v) is 13.8. The number of aryl methyl sites for hydroxylation is 2. The quantitative estimate of drug-likeness (QED) is 0.551. The molecule has 0 radical (unpaired) electrons. The summed E-state index contributed by atoms with van der Waals surface area (Å²) in [5.74, 6) is -0.0306. The Morgan fingerprint density at radius 1 is 1.00 bits per heavy atom. The standard InChI is InChI=1S/C19H16N2O4/c1-12-6-5-7-13(2)18(12)20-19(22)17-11-10-16(25-17)14-8-3-4-9-15(14)21(23)24/h3-11H,1-2H3,(H,20,22). The van der Waals surface area contributed by atoms with Crippen molar-refractivity contribution in [2.45, 2.75) is 13.8 Å². The summed E-state index contributed by atoms with van der Waals surface area (Å²) in [5, 5.41) is 14.0. The van der Waals surface area contributed by atoms with Gasteiger partial charge in [0.2, 0.25) is 0 Å². The maximum absolute atomic E-state index is 12.4. The number of furan rings is 1. The average Bonchev–Trinajstić information content (AvgIpc) is 3.08. The van der Waals surface area contributed by atoms with Crippen LogP contribution in [0.3, 0.4) is 0 Å². The first-order valence-electron chi connectivity index (χ1n) is 7.68. The zero-order valence-electron chi connectivity index (χ0n) is 13.8. The van der Waals surface area contributed by atoms with Gasteiger partial charge in [0.15, 0.2) is 5.76 Å². The molecule has 3 aromatic rings. The third-order valence-electron chi connectivity index (χ3n) is 3.92. The van der Waals surface area contributed by atoms with Gasteiger partial charge in [-0.1, -0.05) is 30.3 Å². The molecule has 0 saturated carbocycles. The van der Waals surface area contributed by atoms with Gasteiger partial charge in [0.05, 0.1) is 10.5 Å². The fourth-order valence-electron chi connectivity index (χ4n) is 2.63. The van der Waals surface area contributed by atoms with Crippen LogP contribution in [0.25, 0.3) is 11.3 Å². The normalized spacial score (nSPS) is 10.5. The maximum atomic E-state index is 12.4. The lowest BCUT2D eigenvalue weighted by molar-refractivity contribution is -0.384. The number of amides is 1. The molecule has 1 N–H and O–H groups in total. The summed E-state index contributed by atoms with van der Waals surface area (Å²) >= 11 is 0. The van der Waals surface area contributed by atoms with Crippen LogP contribution in [-0.2, 0) is 0 Å². The van der Waals surface area contributed by atoms with Gasteiger partial charge in [0.25, 0.3) is 11.6 Å². The molecule has 126 valence electrons. The van der Waals surface area contributed by atoms with Crippen molar-refractivity contribution in [3.05, 3.63) is 81.6 Å². The van der Waals surface area contributed by atoms with E-state index in [2.05, 4.69) is 5.32 Å². The predicted molar refractivity (Wildman–Crippen MR) is 94.7 cm³/mol. The van der Waals surface area contributed by atoms with E-state index in [0.717, 1.165) is 16.8 Å². The van der Waals surface area contributed by atoms with Crippen molar-refractivity contribution in [2.75, 3.05) is 5.32 Å². The Hall–Kier alpha value is -3.41. The molecule has 6 heteroatoms. The molecular formula is C19H16N2O4. The molecule has 0 fully saturated rings. The molecule has 6 nitrogen and oxygen atoms in total. The molecule has 1 aromatic heterocycles. The van der Waals surface area contributed by atoms with E-state index in [4.69, 9.17) is 4.42 Å². The first-order valence-corrected chi connectivity index (χ1v) is 7.68. The van der Waals surface area contributed by atoms with Crippen LogP contribution in [-0.4, -0.2) is 10.8 Å². The number of nitrogens with zero attached hydrogens (tertiary/aromatic N) is 1. The number of para-hydroxylation sites is 2. The second kappa shape index (κ2) is 6.60. The number of hydrogen-bond acceptors (Lipinski definition) is 4. The average molecular weight is 336 g/mol. The minimum atomic E-state index is -0.478. The van der Waals surface area contributed by atoms with Crippen molar-refractivity contribution in [2.24, 2.45) is 0 Å². The van der Waals surface area contributed by atoms with E-state index in [-0.39, 0.29) is 17.2 Å². The number of benzene rings is 2. The zero-order chi connectivity index (χ0) is 18.0. The number of carbonyl (C=O) groups excluding carboxylic acids is 1. The molecule has 0 unspecified atom stereocenters. The highest BCUT2D eigenvalue weighted by Crippen LogP contribution is 2.31. The predicted octanol–water partition coefficient (Wildman–Crippen LogP) is 4.72. The van der Waals surface area contributed by atoms with Gasteiger partial charge in [-0.05, 0) is 43.2 Å². The first-order chi connectivity index (χ1) is 12.0. The van der Waals surface area contributed by atoms with Gasteiger partial charge in [-0.15, -0.1) is 0 Å². The Morgan fingerprint density at radius 2 is 1.68 bits per heavy atom. The van der Waals surface area contributed by atoms with Gasteiger partial charge in [-0.2, -0.15) is 0 Å². The summed E-state index contributed by atoms with van der Waals surface area (Å²) in [6, 6.07) is 15.0. The van der Waals surface area contributed by atoms with Crippen molar-refractivity contribution < 1.29 is 14.1 Å². The van der Waals surface area contributed by atoms with Crippen LogP contribution in [0.15, 0.2) is 59.0 Å². The van der Waals surface area contributed by atoms with Crippen LogP contribution in [0.1, 0.15) is 21.7 Å². The monoisotopic (exact) mass is 336 g/mol. The number of nitrogens with one attached hydrogen (secondary N) is 1. The highest BCUT2D eigenvalue weighted by molar-refractivity contribution is 6.03. The third-order valence-corrected chi connectivity index (χ3v) is 3.92. The molecule has 25 heavy (non-hydrogen) atoms. The van der Waals surface area contributed by atoms with E-state index in [1.54, 1.807) is 24.3 Å². The molecule has 0 atom stereocenters. The van der Waals surface area contributed by atoms with E-state index in [9.17, 15) is 14.9 Å².